The van der Waals surface area contributed by atoms with E-state index in [9.17, 15) is 19.8 Å². The molecule has 0 aliphatic rings. The van der Waals surface area contributed by atoms with E-state index in [1.165, 1.54) is 140 Å². The average Bonchev–Trinajstić information content (AvgIpc) is 3.11. The SMILES string of the molecule is CCCCCCCCCCCCc1ccc(Cc2cc(C(=O)O)c(Cc3ccc(CCCCCCCCCCCC)cc3)cc2C(=O)O)cc1. The molecule has 0 aromatic heterocycles. The van der Waals surface area contributed by atoms with Crippen molar-refractivity contribution in [2.75, 3.05) is 0 Å². The summed E-state index contributed by atoms with van der Waals surface area (Å²) in [7, 11) is 0. The lowest BCUT2D eigenvalue weighted by molar-refractivity contribution is 0.0679. The third kappa shape index (κ3) is 16.1. The molecule has 0 bridgehead atoms. The highest BCUT2D eigenvalue weighted by molar-refractivity contribution is 5.95. The highest BCUT2D eigenvalue weighted by Gasteiger charge is 2.19. The van der Waals surface area contributed by atoms with Gasteiger partial charge in [-0.15, -0.1) is 0 Å². The molecule has 50 heavy (non-hydrogen) atoms. The van der Waals surface area contributed by atoms with E-state index >= 15 is 0 Å². The Morgan fingerprint density at radius 3 is 0.940 bits per heavy atom. The van der Waals surface area contributed by atoms with Crippen molar-refractivity contribution < 1.29 is 19.8 Å². The van der Waals surface area contributed by atoms with Gasteiger partial charge in [0, 0.05) is 0 Å². The van der Waals surface area contributed by atoms with Gasteiger partial charge in [0.05, 0.1) is 11.1 Å². The Morgan fingerprint density at radius 2 is 0.660 bits per heavy atom. The van der Waals surface area contributed by atoms with Gasteiger partial charge < -0.3 is 10.2 Å². The van der Waals surface area contributed by atoms with Crippen LogP contribution in [0.1, 0.15) is 196 Å². The van der Waals surface area contributed by atoms with E-state index in [1.807, 2.05) is 0 Å². The third-order valence-electron chi connectivity index (χ3n) is 10.3. The molecule has 0 saturated heterocycles. The van der Waals surface area contributed by atoms with E-state index in [2.05, 4.69) is 62.4 Å². The van der Waals surface area contributed by atoms with Crippen molar-refractivity contribution in [1.82, 2.24) is 0 Å². The number of rotatable bonds is 28. The lowest BCUT2D eigenvalue weighted by Gasteiger charge is -2.14. The van der Waals surface area contributed by atoms with E-state index in [4.69, 9.17) is 0 Å². The van der Waals surface area contributed by atoms with Crippen LogP contribution in [-0.4, -0.2) is 22.2 Å². The second-order valence-corrected chi connectivity index (χ2v) is 14.6. The number of hydrogen-bond acceptors (Lipinski definition) is 2. The fraction of sp³-hybridized carbons (Fsp3) is 0.565. The minimum atomic E-state index is -1.03. The number of unbranched alkanes of at least 4 members (excludes halogenated alkanes) is 18. The van der Waals surface area contributed by atoms with Gasteiger partial charge in [0.15, 0.2) is 0 Å². The van der Waals surface area contributed by atoms with E-state index in [0.717, 1.165) is 24.0 Å². The molecule has 4 nitrogen and oxygen atoms in total. The molecule has 0 saturated carbocycles. The van der Waals surface area contributed by atoms with Crippen molar-refractivity contribution in [1.29, 1.82) is 0 Å². The van der Waals surface area contributed by atoms with Gasteiger partial charge in [0.2, 0.25) is 0 Å². The largest absolute Gasteiger partial charge is 0.478 e. The molecular weight excluding hydrogens is 617 g/mol. The molecule has 0 amide bonds. The summed E-state index contributed by atoms with van der Waals surface area (Å²) in [4.78, 5) is 24.7. The van der Waals surface area contributed by atoms with Gasteiger partial charge >= 0.3 is 11.9 Å². The van der Waals surface area contributed by atoms with Gasteiger partial charge in [0.25, 0.3) is 0 Å². The quantitative estimate of drug-likeness (QED) is 0.0748. The van der Waals surface area contributed by atoms with Crippen LogP contribution in [0.5, 0.6) is 0 Å². The number of benzene rings is 3. The zero-order valence-electron chi connectivity index (χ0n) is 31.5. The highest BCUT2D eigenvalue weighted by Crippen LogP contribution is 2.25. The maximum Gasteiger partial charge on any atom is 0.335 e. The number of carbonyl (C=O) groups is 2. The number of aryl methyl sites for hydroxylation is 2. The minimum absolute atomic E-state index is 0.178. The first-order valence-electron chi connectivity index (χ1n) is 20.2. The molecule has 0 spiro atoms. The van der Waals surface area contributed by atoms with Crippen molar-refractivity contribution in [2.45, 2.75) is 168 Å². The predicted octanol–water partition coefficient (Wildman–Crippen LogP) is 13.2. The number of carboxylic acids is 2. The summed E-state index contributed by atoms with van der Waals surface area (Å²) >= 11 is 0. The van der Waals surface area contributed by atoms with E-state index in [-0.39, 0.29) is 11.1 Å². The summed E-state index contributed by atoms with van der Waals surface area (Å²) in [6.45, 7) is 4.52. The smallest absolute Gasteiger partial charge is 0.335 e. The topological polar surface area (TPSA) is 74.6 Å². The molecule has 0 aliphatic heterocycles. The van der Waals surface area contributed by atoms with E-state index < -0.39 is 11.9 Å². The predicted molar refractivity (Wildman–Crippen MR) is 210 cm³/mol. The van der Waals surface area contributed by atoms with Gasteiger partial charge in [-0.05, 0) is 84.0 Å². The summed E-state index contributed by atoms with van der Waals surface area (Å²) in [6.07, 6.45) is 29.3. The molecule has 0 heterocycles. The summed E-state index contributed by atoms with van der Waals surface area (Å²) in [5.74, 6) is -2.05. The van der Waals surface area contributed by atoms with Gasteiger partial charge in [0.1, 0.15) is 0 Å². The summed E-state index contributed by atoms with van der Waals surface area (Å²) < 4.78 is 0. The Kier molecular flexibility index (Phi) is 20.3. The number of aromatic carboxylic acids is 2. The zero-order chi connectivity index (χ0) is 35.8. The summed E-state index contributed by atoms with van der Waals surface area (Å²) in [6, 6.07) is 19.9. The standard InChI is InChI=1S/C46H66O4/c1-3-5-7-9-11-13-15-17-19-21-23-37-25-29-39(30-26-37)33-41-35-44(46(49)50)42(36-43(41)45(47)48)34-40-31-27-38(28-32-40)24-22-20-18-16-14-12-10-8-6-4-2/h25-32,35-36H,3-24,33-34H2,1-2H3,(H,47,48)(H,49,50). The second-order valence-electron chi connectivity index (χ2n) is 14.6. The molecule has 3 aromatic rings. The first-order chi connectivity index (χ1) is 24.4. The zero-order valence-corrected chi connectivity index (χ0v) is 31.5. The van der Waals surface area contributed by atoms with Crippen LogP contribution < -0.4 is 0 Å². The van der Waals surface area contributed by atoms with Crippen molar-refractivity contribution >= 4 is 11.9 Å². The minimum Gasteiger partial charge on any atom is -0.478 e. The Morgan fingerprint density at radius 1 is 0.400 bits per heavy atom. The van der Waals surface area contributed by atoms with Crippen LogP contribution in [0, 0.1) is 0 Å². The first-order valence-corrected chi connectivity index (χ1v) is 20.2. The summed E-state index contributed by atoms with van der Waals surface area (Å²) in [5, 5.41) is 20.2. The molecule has 274 valence electrons. The first kappa shape index (κ1) is 41.0. The molecular formula is C46H66O4. The lowest BCUT2D eigenvalue weighted by atomic mass is 9.90. The van der Waals surface area contributed by atoms with Crippen LogP contribution in [0.2, 0.25) is 0 Å². The molecule has 2 N–H and O–H groups in total. The molecule has 0 unspecified atom stereocenters. The third-order valence-corrected chi connectivity index (χ3v) is 10.3. The highest BCUT2D eigenvalue weighted by atomic mass is 16.4. The second kappa shape index (κ2) is 24.7. The van der Waals surface area contributed by atoms with Gasteiger partial charge in [-0.25, -0.2) is 9.59 Å². The van der Waals surface area contributed by atoms with Crippen molar-refractivity contribution in [3.8, 4) is 0 Å². The fourth-order valence-corrected chi connectivity index (χ4v) is 7.10. The van der Waals surface area contributed by atoms with Gasteiger partial charge in [-0.2, -0.15) is 0 Å². The number of carboxylic acid groups (broad SMARTS) is 2. The lowest BCUT2D eigenvalue weighted by Crippen LogP contribution is -2.11. The molecule has 0 radical (unpaired) electrons. The number of hydrogen-bond donors (Lipinski definition) is 2. The van der Waals surface area contributed by atoms with Crippen LogP contribution in [0.25, 0.3) is 0 Å². The Hall–Kier alpha value is -3.40. The van der Waals surface area contributed by atoms with E-state index in [1.54, 1.807) is 12.1 Å². The maximum atomic E-state index is 12.4. The summed E-state index contributed by atoms with van der Waals surface area (Å²) in [5.41, 5.74) is 5.99. The molecule has 3 rings (SSSR count). The van der Waals surface area contributed by atoms with Crippen LogP contribution in [0.3, 0.4) is 0 Å². The molecule has 0 aliphatic carbocycles. The van der Waals surface area contributed by atoms with Gasteiger partial charge in [-0.3, -0.25) is 0 Å². The Bertz CT molecular complexity index is 1270. The van der Waals surface area contributed by atoms with Crippen LogP contribution in [0.4, 0.5) is 0 Å². The fourth-order valence-electron chi connectivity index (χ4n) is 7.10. The normalized spacial score (nSPS) is 11.2. The molecule has 3 aromatic carbocycles. The maximum absolute atomic E-state index is 12.4. The molecule has 0 fully saturated rings. The molecule has 0 atom stereocenters. The van der Waals surface area contributed by atoms with Crippen LogP contribution >= 0.6 is 0 Å². The van der Waals surface area contributed by atoms with Gasteiger partial charge in [-0.1, -0.05) is 178 Å². The van der Waals surface area contributed by atoms with Crippen molar-refractivity contribution in [3.05, 3.63) is 105 Å². The molecule has 4 heteroatoms. The van der Waals surface area contributed by atoms with Crippen LogP contribution in [-0.2, 0) is 25.7 Å². The van der Waals surface area contributed by atoms with Crippen molar-refractivity contribution in [2.24, 2.45) is 0 Å². The Labute approximate surface area is 304 Å². The van der Waals surface area contributed by atoms with E-state index in [0.29, 0.717) is 24.0 Å². The average molecular weight is 683 g/mol. The van der Waals surface area contributed by atoms with Crippen LogP contribution in [0.15, 0.2) is 60.7 Å². The Balaban J connectivity index is 1.49. The van der Waals surface area contributed by atoms with Crippen molar-refractivity contribution in [3.63, 3.8) is 0 Å². The monoisotopic (exact) mass is 682 g/mol.